The first-order valence-electron chi connectivity index (χ1n) is 9.18. The lowest BCUT2D eigenvalue weighted by Crippen LogP contribution is -2.51. The van der Waals surface area contributed by atoms with Crippen LogP contribution in [0, 0.1) is 5.82 Å². The van der Waals surface area contributed by atoms with Crippen LogP contribution in [0.25, 0.3) is 0 Å². The molecule has 0 unspecified atom stereocenters. The van der Waals surface area contributed by atoms with Crippen LogP contribution in [-0.2, 0) is 0 Å². The Hall–Kier alpha value is -3.68. The van der Waals surface area contributed by atoms with Crippen molar-refractivity contribution in [3.8, 4) is 0 Å². The van der Waals surface area contributed by atoms with E-state index in [4.69, 9.17) is 5.73 Å². The normalized spacial score (nSPS) is 14.5. The van der Waals surface area contributed by atoms with Crippen LogP contribution in [0.4, 0.5) is 20.6 Å². The molecule has 0 bridgehead atoms. The summed E-state index contributed by atoms with van der Waals surface area (Å²) in [4.78, 5) is 32.4. The summed E-state index contributed by atoms with van der Waals surface area (Å²) in [5.74, 6) is -0.674. The average molecular weight is 397 g/mol. The van der Waals surface area contributed by atoms with Gasteiger partial charge in [0, 0.05) is 45.1 Å². The Morgan fingerprint density at radius 3 is 2.41 bits per heavy atom. The van der Waals surface area contributed by atoms with E-state index in [1.165, 1.54) is 24.4 Å². The van der Waals surface area contributed by atoms with Gasteiger partial charge in [-0.1, -0.05) is 6.07 Å². The highest BCUT2D eigenvalue weighted by Crippen LogP contribution is 2.17. The second kappa shape index (κ2) is 9.50. The molecular formula is C21H24FN5O2. The predicted molar refractivity (Wildman–Crippen MR) is 113 cm³/mol. The van der Waals surface area contributed by atoms with Gasteiger partial charge >= 0.3 is 6.03 Å². The van der Waals surface area contributed by atoms with Crippen LogP contribution < -0.4 is 11.1 Å². The van der Waals surface area contributed by atoms with Crippen molar-refractivity contribution < 1.29 is 15.4 Å². The number of carbonyl (C=O) groups is 2. The fourth-order valence-corrected chi connectivity index (χ4v) is 2.93. The number of allylic oxidation sites excluding steroid dienone is 1. The molecule has 0 radical (unpaired) electrons. The number of carbonyl (C=O) groups excluding carboxylic acids is 2. The van der Waals surface area contributed by atoms with Crippen LogP contribution in [0.5, 0.6) is 0 Å². The van der Waals surface area contributed by atoms with Crippen molar-refractivity contribution in [1.29, 1.82) is 0 Å². The number of piperazine rings is 1. The van der Waals surface area contributed by atoms with Gasteiger partial charge < -0.3 is 20.9 Å². The molecule has 1 heterocycles. The van der Waals surface area contributed by atoms with E-state index >= 15 is 0 Å². The molecule has 2 aromatic carbocycles. The highest BCUT2D eigenvalue weighted by molar-refractivity contribution is 5.94. The minimum atomic E-state index is -0.443. The van der Waals surface area contributed by atoms with Crippen LogP contribution in [0.3, 0.4) is 0 Å². The van der Waals surface area contributed by atoms with E-state index in [1.807, 2.05) is 0 Å². The molecule has 0 aliphatic carbocycles. The molecule has 1 fully saturated rings. The SMILES string of the molecule is N/C=C\C=Nc1ccc(NC(=O)N2CCN(C(=O)c3cccc(F)c3)CC2)cc1.[HH]. The van der Waals surface area contributed by atoms with Crippen LogP contribution in [0.1, 0.15) is 11.8 Å². The van der Waals surface area contributed by atoms with Gasteiger partial charge in [-0.05, 0) is 54.7 Å². The largest absolute Gasteiger partial charge is 0.405 e. The van der Waals surface area contributed by atoms with Gasteiger partial charge in [0.05, 0.1) is 5.69 Å². The van der Waals surface area contributed by atoms with E-state index in [9.17, 15) is 14.0 Å². The Labute approximate surface area is 169 Å². The summed E-state index contributed by atoms with van der Waals surface area (Å²) >= 11 is 0. The predicted octanol–water partition coefficient (Wildman–Crippen LogP) is 3.24. The Bertz CT molecular complexity index is 925. The molecule has 152 valence electrons. The third-order valence-corrected chi connectivity index (χ3v) is 4.47. The molecule has 7 nitrogen and oxygen atoms in total. The Morgan fingerprint density at radius 2 is 1.76 bits per heavy atom. The lowest BCUT2D eigenvalue weighted by atomic mass is 10.2. The number of nitrogens with two attached hydrogens (primary N) is 1. The molecule has 3 amide bonds. The minimum absolute atomic E-state index is 0. The minimum Gasteiger partial charge on any atom is -0.405 e. The fourth-order valence-electron chi connectivity index (χ4n) is 2.93. The van der Waals surface area contributed by atoms with Crippen LogP contribution >= 0.6 is 0 Å². The van der Waals surface area contributed by atoms with Gasteiger partial charge in [-0.15, -0.1) is 0 Å². The monoisotopic (exact) mass is 397 g/mol. The first-order chi connectivity index (χ1) is 14.1. The second-order valence-corrected chi connectivity index (χ2v) is 6.43. The Morgan fingerprint density at radius 1 is 1.07 bits per heavy atom. The molecule has 0 spiro atoms. The van der Waals surface area contributed by atoms with E-state index in [1.54, 1.807) is 52.4 Å². The van der Waals surface area contributed by atoms with Crippen molar-refractivity contribution in [3.05, 3.63) is 72.2 Å². The molecule has 2 aromatic rings. The third-order valence-electron chi connectivity index (χ3n) is 4.47. The highest BCUT2D eigenvalue weighted by atomic mass is 19.1. The van der Waals surface area contributed by atoms with Gasteiger partial charge in [-0.2, -0.15) is 0 Å². The lowest BCUT2D eigenvalue weighted by molar-refractivity contribution is 0.0671. The van der Waals surface area contributed by atoms with Crippen molar-refractivity contribution >= 4 is 29.5 Å². The fraction of sp³-hybridized carbons (Fsp3) is 0.190. The number of amides is 3. The van der Waals surface area contributed by atoms with Crippen molar-refractivity contribution in [2.75, 3.05) is 31.5 Å². The molecule has 3 rings (SSSR count). The smallest absolute Gasteiger partial charge is 0.321 e. The molecule has 1 aliphatic rings. The summed E-state index contributed by atoms with van der Waals surface area (Å²) in [5, 5.41) is 2.84. The summed E-state index contributed by atoms with van der Waals surface area (Å²) in [5.41, 5.74) is 6.95. The van der Waals surface area contributed by atoms with Crippen molar-refractivity contribution in [3.63, 3.8) is 0 Å². The number of anilines is 1. The number of nitrogens with zero attached hydrogens (tertiary/aromatic N) is 3. The Kier molecular flexibility index (Phi) is 6.57. The summed E-state index contributed by atoms with van der Waals surface area (Å²) in [7, 11) is 0. The third kappa shape index (κ3) is 5.41. The van der Waals surface area contributed by atoms with E-state index in [0.717, 1.165) is 5.69 Å². The summed E-state index contributed by atoms with van der Waals surface area (Å²) < 4.78 is 13.3. The standard InChI is InChI=1S/C21H22FN5O2.H2/c22-17-4-1-3-16(15-17)20(28)26-11-13-27(14-12-26)21(29)25-19-7-5-18(6-8-19)24-10-2-9-23;/h1-10,15H,11-14,23H2,(H,25,29);1H/b9-2-,24-10?;. The molecule has 1 saturated heterocycles. The van der Waals surface area contributed by atoms with Crippen molar-refractivity contribution in [2.24, 2.45) is 10.7 Å². The quantitative estimate of drug-likeness (QED) is 0.776. The van der Waals surface area contributed by atoms with E-state index in [2.05, 4.69) is 10.3 Å². The van der Waals surface area contributed by atoms with Crippen LogP contribution in [-0.4, -0.2) is 54.1 Å². The molecule has 0 aromatic heterocycles. The molecule has 3 N–H and O–H groups in total. The maximum Gasteiger partial charge on any atom is 0.321 e. The number of benzene rings is 2. The van der Waals surface area contributed by atoms with E-state index in [0.29, 0.717) is 37.4 Å². The summed E-state index contributed by atoms with van der Waals surface area (Å²) in [6.07, 6.45) is 4.59. The van der Waals surface area contributed by atoms with Gasteiger partial charge in [0.2, 0.25) is 0 Å². The maximum absolute atomic E-state index is 13.3. The second-order valence-electron chi connectivity index (χ2n) is 6.43. The number of hydrogen-bond acceptors (Lipinski definition) is 4. The van der Waals surface area contributed by atoms with Gasteiger partial charge in [0.15, 0.2) is 0 Å². The molecule has 0 saturated carbocycles. The number of nitrogens with one attached hydrogen (secondary N) is 1. The molecule has 0 atom stereocenters. The average Bonchev–Trinajstić information content (AvgIpc) is 2.75. The topological polar surface area (TPSA) is 91.0 Å². The van der Waals surface area contributed by atoms with Crippen LogP contribution in [0.15, 0.2) is 65.8 Å². The van der Waals surface area contributed by atoms with Crippen molar-refractivity contribution in [1.82, 2.24) is 9.80 Å². The number of urea groups is 1. The maximum atomic E-state index is 13.3. The molecule has 8 heteroatoms. The highest BCUT2D eigenvalue weighted by Gasteiger charge is 2.25. The van der Waals surface area contributed by atoms with Crippen LogP contribution in [0.2, 0.25) is 0 Å². The van der Waals surface area contributed by atoms with Gasteiger partial charge in [0.1, 0.15) is 5.82 Å². The number of aliphatic imine (C=N–C) groups is 1. The van der Waals surface area contributed by atoms with Gasteiger partial charge in [-0.25, -0.2) is 9.18 Å². The number of rotatable bonds is 4. The molecule has 29 heavy (non-hydrogen) atoms. The molecule has 1 aliphatic heterocycles. The number of halogens is 1. The lowest BCUT2D eigenvalue weighted by Gasteiger charge is -2.34. The van der Waals surface area contributed by atoms with Crippen molar-refractivity contribution in [2.45, 2.75) is 0 Å². The van der Waals surface area contributed by atoms with Gasteiger partial charge in [0.25, 0.3) is 5.91 Å². The zero-order chi connectivity index (χ0) is 20.6. The Balaban J connectivity index is 0.00000320. The zero-order valence-corrected chi connectivity index (χ0v) is 15.8. The zero-order valence-electron chi connectivity index (χ0n) is 15.8. The first kappa shape index (κ1) is 20.1. The van der Waals surface area contributed by atoms with E-state index in [-0.39, 0.29) is 13.4 Å². The van der Waals surface area contributed by atoms with E-state index < -0.39 is 5.82 Å². The first-order valence-corrected chi connectivity index (χ1v) is 9.18. The molecular weight excluding hydrogens is 373 g/mol. The summed E-state index contributed by atoms with van der Waals surface area (Å²) in [6.45, 7) is 1.59. The van der Waals surface area contributed by atoms with Gasteiger partial charge in [-0.3, -0.25) is 9.79 Å². The number of hydrogen-bond donors (Lipinski definition) is 2. The summed E-state index contributed by atoms with van der Waals surface area (Å²) in [6, 6.07) is 12.5.